The van der Waals surface area contributed by atoms with E-state index in [-0.39, 0.29) is 11.9 Å². The molecule has 1 aliphatic carbocycles. The van der Waals surface area contributed by atoms with Gasteiger partial charge in [0, 0.05) is 32.2 Å². The monoisotopic (exact) mass is 197 g/mol. The van der Waals surface area contributed by atoms with Crippen molar-refractivity contribution in [2.24, 2.45) is 0 Å². The van der Waals surface area contributed by atoms with Gasteiger partial charge in [-0.05, 0) is 12.8 Å². The maximum atomic E-state index is 11.5. The molecule has 1 heterocycles. The summed E-state index contributed by atoms with van der Waals surface area (Å²) >= 11 is 0. The average molecular weight is 197 g/mol. The van der Waals surface area contributed by atoms with Gasteiger partial charge in [-0.15, -0.1) is 0 Å². The predicted molar refractivity (Wildman–Crippen MR) is 50.6 cm³/mol. The minimum Gasteiger partial charge on any atom is -0.345 e. The molecular formula is C9H15N3O2. The van der Waals surface area contributed by atoms with Crippen molar-refractivity contribution >= 4 is 11.8 Å². The topological polar surface area (TPSA) is 61.4 Å². The number of nitrogens with zero attached hydrogens (tertiary/aromatic N) is 1. The van der Waals surface area contributed by atoms with E-state index in [4.69, 9.17) is 0 Å². The van der Waals surface area contributed by atoms with Crippen LogP contribution in [0.15, 0.2) is 0 Å². The van der Waals surface area contributed by atoms with E-state index in [0.717, 1.165) is 25.9 Å². The zero-order chi connectivity index (χ0) is 9.97. The first-order valence-corrected chi connectivity index (χ1v) is 5.08. The Balaban J connectivity index is 1.82. The molecule has 2 fully saturated rings. The average Bonchev–Trinajstić information content (AvgIpc) is 3.02. The second-order valence-electron chi connectivity index (χ2n) is 3.79. The van der Waals surface area contributed by atoms with E-state index in [9.17, 15) is 9.59 Å². The molecule has 0 radical (unpaired) electrons. The SMILES string of the molecule is O=C(NC1CC1)C(=O)N1CCNCC1. The molecule has 0 aromatic carbocycles. The van der Waals surface area contributed by atoms with Crippen molar-refractivity contribution in [3.05, 3.63) is 0 Å². The van der Waals surface area contributed by atoms with Crippen LogP contribution in [0, 0.1) is 0 Å². The van der Waals surface area contributed by atoms with Gasteiger partial charge in [0.1, 0.15) is 0 Å². The van der Waals surface area contributed by atoms with E-state index >= 15 is 0 Å². The van der Waals surface area contributed by atoms with Crippen LogP contribution in [-0.4, -0.2) is 48.9 Å². The molecule has 14 heavy (non-hydrogen) atoms. The van der Waals surface area contributed by atoms with Gasteiger partial charge in [-0.25, -0.2) is 0 Å². The van der Waals surface area contributed by atoms with E-state index < -0.39 is 5.91 Å². The third-order valence-corrected chi connectivity index (χ3v) is 2.51. The summed E-state index contributed by atoms with van der Waals surface area (Å²) in [5, 5.41) is 5.84. The molecule has 2 N–H and O–H groups in total. The lowest BCUT2D eigenvalue weighted by molar-refractivity contribution is -0.146. The Bertz CT molecular complexity index is 244. The first-order chi connectivity index (χ1) is 6.77. The number of carbonyl (C=O) groups excluding carboxylic acids is 2. The van der Waals surface area contributed by atoms with Gasteiger partial charge in [0.25, 0.3) is 0 Å². The van der Waals surface area contributed by atoms with Gasteiger partial charge in [-0.1, -0.05) is 0 Å². The lowest BCUT2D eigenvalue weighted by Crippen LogP contribution is -2.51. The lowest BCUT2D eigenvalue weighted by Gasteiger charge is -2.26. The van der Waals surface area contributed by atoms with Crippen molar-refractivity contribution in [1.29, 1.82) is 0 Å². The minimum absolute atomic E-state index is 0.259. The Kier molecular flexibility index (Phi) is 2.67. The highest BCUT2D eigenvalue weighted by Crippen LogP contribution is 2.18. The molecule has 0 unspecified atom stereocenters. The van der Waals surface area contributed by atoms with Crippen LogP contribution in [-0.2, 0) is 9.59 Å². The molecule has 0 bridgehead atoms. The lowest BCUT2D eigenvalue weighted by atomic mass is 10.3. The molecule has 2 rings (SSSR count). The fourth-order valence-electron chi connectivity index (χ4n) is 1.49. The summed E-state index contributed by atoms with van der Waals surface area (Å²) < 4.78 is 0. The van der Waals surface area contributed by atoms with Gasteiger partial charge in [-0.2, -0.15) is 0 Å². The van der Waals surface area contributed by atoms with Crippen LogP contribution in [0.3, 0.4) is 0 Å². The van der Waals surface area contributed by atoms with E-state index in [2.05, 4.69) is 10.6 Å². The van der Waals surface area contributed by atoms with Crippen LogP contribution in [0.25, 0.3) is 0 Å². The number of hydrogen-bond donors (Lipinski definition) is 2. The van der Waals surface area contributed by atoms with Crippen molar-refractivity contribution in [1.82, 2.24) is 15.5 Å². The van der Waals surface area contributed by atoms with Crippen LogP contribution in [0.2, 0.25) is 0 Å². The van der Waals surface area contributed by atoms with Crippen LogP contribution in [0.5, 0.6) is 0 Å². The summed E-state index contributed by atoms with van der Waals surface area (Å²) in [6.07, 6.45) is 2.03. The molecule has 5 nitrogen and oxygen atoms in total. The van der Waals surface area contributed by atoms with Crippen molar-refractivity contribution < 1.29 is 9.59 Å². The highest BCUT2D eigenvalue weighted by molar-refractivity contribution is 6.35. The predicted octanol–water partition coefficient (Wildman–Crippen LogP) is -1.30. The summed E-state index contributed by atoms with van der Waals surface area (Å²) in [4.78, 5) is 24.5. The molecule has 0 aromatic rings. The Labute approximate surface area is 82.8 Å². The van der Waals surface area contributed by atoms with Crippen LogP contribution >= 0.6 is 0 Å². The van der Waals surface area contributed by atoms with E-state index in [1.807, 2.05) is 0 Å². The number of nitrogens with one attached hydrogen (secondary N) is 2. The molecule has 78 valence electrons. The summed E-state index contributed by atoms with van der Waals surface area (Å²) in [5.74, 6) is -0.812. The van der Waals surface area contributed by atoms with Crippen LogP contribution in [0.1, 0.15) is 12.8 Å². The summed E-state index contributed by atoms with van der Waals surface area (Å²) in [5.41, 5.74) is 0. The van der Waals surface area contributed by atoms with Gasteiger partial charge in [-0.3, -0.25) is 9.59 Å². The normalized spacial score (nSPS) is 21.9. The van der Waals surface area contributed by atoms with E-state index in [0.29, 0.717) is 13.1 Å². The highest BCUT2D eigenvalue weighted by atomic mass is 16.2. The number of carbonyl (C=O) groups is 2. The van der Waals surface area contributed by atoms with Gasteiger partial charge in [0.15, 0.2) is 0 Å². The van der Waals surface area contributed by atoms with Crippen molar-refractivity contribution in [2.45, 2.75) is 18.9 Å². The fraction of sp³-hybridized carbons (Fsp3) is 0.778. The first kappa shape index (κ1) is 9.45. The Hall–Kier alpha value is -1.10. The minimum atomic E-state index is -0.436. The zero-order valence-corrected chi connectivity index (χ0v) is 8.08. The van der Waals surface area contributed by atoms with Crippen molar-refractivity contribution in [3.8, 4) is 0 Å². The molecule has 0 atom stereocenters. The van der Waals surface area contributed by atoms with Crippen LogP contribution < -0.4 is 10.6 Å². The highest BCUT2D eigenvalue weighted by Gasteiger charge is 2.29. The Morgan fingerprint density at radius 3 is 2.43 bits per heavy atom. The molecule has 2 aliphatic rings. The summed E-state index contributed by atoms with van der Waals surface area (Å²) in [7, 11) is 0. The maximum Gasteiger partial charge on any atom is 0.311 e. The maximum absolute atomic E-state index is 11.5. The van der Waals surface area contributed by atoms with E-state index in [1.165, 1.54) is 0 Å². The molecule has 1 saturated heterocycles. The second kappa shape index (κ2) is 3.96. The van der Waals surface area contributed by atoms with Crippen molar-refractivity contribution in [2.75, 3.05) is 26.2 Å². The number of rotatable bonds is 1. The number of amides is 2. The van der Waals surface area contributed by atoms with Gasteiger partial charge in [0.2, 0.25) is 0 Å². The smallest absolute Gasteiger partial charge is 0.311 e. The number of hydrogen-bond acceptors (Lipinski definition) is 3. The van der Waals surface area contributed by atoms with Crippen LogP contribution in [0.4, 0.5) is 0 Å². The molecule has 1 saturated carbocycles. The molecule has 0 spiro atoms. The third kappa shape index (κ3) is 2.23. The van der Waals surface area contributed by atoms with E-state index in [1.54, 1.807) is 4.90 Å². The number of piperazine rings is 1. The third-order valence-electron chi connectivity index (χ3n) is 2.51. The molecular weight excluding hydrogens is 182 g/mol. The van der Waals surface area contributed by atoms with Crippen molar-refractivity contribution in [3.63, 3.8) is 0 Å². The Morgan fingerprint density at radius 2 is 1.86 bits per heavy atom. The first-order valence-electron chi connectivity index (χ1n) is 5.08. The second-order valence-corrected chi connectivity index (χ2v) is 3.79. The molecule has 1 aliphatic heterocycles. The molecule has 0 aromatic heterocycles. The summed E-state index contributed by atoms with van der Waals surface area (Å²) in [6, 6.07) is 0.259. The van der Waals surface area contributed by atoms with Gasteiger partial charge in [0.05, 0.1) is 0 Å². The van der Waals surface area contributed by atoms with Gasteiger partial charge < -0.3 is 15.5 Å². The standard InChI is InChI=1S/C9H15N3O2/c13-8(11-7-1-2-7)9(14)12-5-3-10-4-6-12/h7,10H,1-6H2,(H,11,13). The summed E-state index contributed by atoms with van der Waals surface area (Å²) in [6.45, 7) is 2.83. The molecule has 2 amide bonds. The zero-order valence-electron chi connectivity index (χ0n) is 8.08. The largest absolute Gasteiger partial charge is 0.345 e. The fourth-order valence-corrected chi connectivity index (χ4v) is 1.49. The molecule has 5 heteroatoms. The Morgan fingerprint density at radius 1 is 1.21 bits per heavy atom. The van der Waals surface area contributed by atoms with Gasteiger partial charge >= 0.3 is 11.8 Å². The quantitative estimate of drug-likeness (QED) is 0.513.